The zero-order valence-corrected chi connectivity index (χ0v) is 26.9. The van der Waals surface area contributed by atoms with Crippen LogP contribution < -0.4 is 10.4 Å². The van der Waals surface area contributed by atoms with E-state index in [1.807, 2.05) is 91.0 Å². The number of aliphatic hydroxyl groups excluding tert-OH is 3. The third-order valence-electron chi connectivity index (χ3n) is 8.22. The number of benzene rings is 3. The van der Waals surface area contributed by atoms with Crippen LogP contribution in [-0.4, -0.2) is 92.1 Å². The van der Waals surface area contributed by atoms with Crippen molar-refractivity contribution in [1.82, 2.24) is 4.90 Å². The minimum atomic E-state index is -3.01. The molecule has 1 aliphatic heterocycles. The Morgan fingerprint density at radius 3 is 1.98 bits per heavy atom. The van der Waals surface area contributed by atoms with Crippen LogP contribution in [0, 0.1) is 0 Å². The molecule has 0 spiro atoms. The normalized spacial score (nSPS) is 19.4. The predicted molar refractivity (Wildman–Crippen MR) is 170 cm³/mol. The Labute approximate surface area is 261 Å². The van der Waals surface area contributed by atoms with Crippen LogP contribution >= 0.6 is 0 Å². The van der Waals surface area contributed by atoms with E-state index >= 15 is 0 Å². The molecule has 1 amide bonds. The van der Waals surface area contributed by atoms with Gasteiger partial charge in [-0.15, -0.1) is 0 Å². The lowest BCUT2D eigenvalue weighted by Gasteiger charge is -2.44. The number of rotatable bonds is 13. The first-order chi connectivity index (χ1) is 21.1. The van der Waals surface area contributed by atoms with Crippen LogP contribution in [0.25, 0.3) is 0 Å². The van der Waals surface area contributed by atoms with Crippen molar-refractivity contribution in [3.05, 3.63) is 96.6 Å². The number of aliphatic hydroxyl groups is 3. The standard InChI is InChI=1S/C34H45NO8Si/c1-34(2,3)44(26-16-10-6-11-17-26,27-18-12-7-13-19-27)43-23-28(36)31(37)32(38)30-29(42-24-40-4)20-21-35(30)33(39)41-22-25-14-8-5-9-15-25/h5-19,28-32,36-38H,20-24H2,1-4H3/t28-,29+,30-,31-,32-/m1/s1. The highest BCUT2D eigenvalue weighted by atomic mass is 28.4. The van der Waals surface area contributed by atoms with Gasteiger partial charge in [-0.05, 0) is 27.4 Å². The average Bonchev–Trinajstić information content (AvgIpc) is 3.47. The van der Waals surface area contributed by atoms with Crippen molar-refractivity contribution in [2.45, 2.75) is 69.3 Å². The lowest BCUT2D eigenvalue weighted by Crippen LogP contribution is -2.67. The van der Waals surface area contributed by atoms with Crippen LogP contribution in [0.5, 0.6) is 0 Å². The van der Waals surface area contributed by atoms with Crippen molar-refractivity contribution in [2.75, 3.05) is 27.1 Å². The smallest absolute Gasteiger partial charge is 0.410 e. The van der Waals surface area contributed by atoms with Crippen molar-refractivity contribution in [3.8, 4) is 0 Å². The molecule has 3 aromatic rings. The van der Waals surface area contributed by atoms with Gasteiger partial charge >= 0.3 is 6.09 Å². The summed E-state index contributed by atoms with van der Waals surface area (Å²) >= 11 is 0. The van der Waals surface area contributed by atoms with Crippen molar-refractivity contribution in [2.24, 2.45) is 0 Å². The van der Waals surface area contributed by atoms with Gasteiger partial charge in [-0.2, -0.15) is 0 Å². The number of ether oxygens (including phenoxy) is 3. The van der Waals surface area contributed by atoms with Crippen LogP contribution in [0.1, 0.15) is 32.8 Å². The van der Waals surface area contributed by atoms with Crippen molar-refractivity contribution >= 4 is 24.8 Å². The third-order valence-corrected chi connectivity index (χ3v) is 13.2. The molecule has 1 fully saturated rings. The van der Waals surface area contributed by atoms with Gasteiger partial charge in [0, 0.05) is 13.7 Å². The third kappa shape index (κ3) is 7.58. The second-order valence-electron chi connectivity index (χ2n) is 12.1. The number of hydrogen-bond donors (Lipinski definition) is 3. The molecular weight excluding hydrogens is 578 g/mol. The molecule has 9 nitrogen and oxygen atoms in total. The molecule has 0 bridgehead atoms. The van der Waals surface area contributed by atoms with E-state index in [1.54, 1.807) is 0 Å². The van der Waals surface area contributed by atoms with Crippen molar-refractivity contribution < 1.29 is 38.8 Å². The van der Waals surface area contributed by atoms with Crippen molar-refractivity contribution in [1.29, 1.82) is 0 Å². The summed E-state index contributed by atoms with van der Waals surface area (Å²) in [4.78, 5) is 14.5. The molecule has 0 aromatic heterocycles. The number of hydrogen-bond acceptors (Lipinski definition) is 8. The summed E-state index contributed by atoms with van der Waals surface area (Å²) in [6.45, 7) is 6.35. The Hall–Kier alpha value is -3.09. The van der Waals surface area contributed by atoms with E-state index in [4.69, 9.17) is 18.6 Å². The zero-order chi connectivity index (χ0) is 31.7. The molecule has 5 atom stereocenters. The minimum absolute atomic E-state index is 0.0556. The van der Waals surface area contributed by atoms with E-state index < -0.39 is 44.9 Å². The first-order valence-corrected chi connectivity index (χ1v) is 16.9. The Kier molecular flexibility index (Phi) is 11.7. The fourth-order valence-electron chi connectivity index (χ4n) is 6.04. The molecule has 0 aliphatic carbocycles. The molecule has 1 saturated heterocycles. The Bertz CT molecular complexity index is 1250. The SMILES string of the molecule is COCO[C@H]1CCN(C(=O)OCc2ccccc2)[C@H]1[C@@H](O)[C@H](O)[C@H](O)CO[Si](c1ccccc1)(c1ccccc1)C(C)(C)C. The molecule has 1 aliphatic rings. The Balaban J connectivity index is 1.54. The molecular formula is C34H45NO8Si. The number of carbonyl (C=O) groups excluding carboxylic acids is 1. The Morgan fingerprint density at radius 1 is 0.909 bits per heavy atom. The largest absolute Gasteiger partial charge is 0.445 e. The summed E-state index contributed by atoms with van der Waals surface area (Å²) < 4.78 is 23.2. The first-order valence-electron chi connectivity index (χ1n) is 15.0. The highest BCUT2D eigenvalue weighted by Crippen LogP contribution is 2.37. The van der Waals surface area contributed by atoms with Crippen LogP contribution in [0.2, 0.25) is 5.04 Å². The zero-order valence-electron chi connectivity index (χ0n) is 25.9. The molecule has 0 unspecified atom stereocenters. The highest BCUT2D eigenvalue weighted by Gasteiger charge is 2.51. The lowest BCUT2D eigenvalue weighted by molar-refractivity contribution is -0.133. The fraction of sp³-hybridized carbons (Fsp3) is 0.441. The van der Waals surface area contributed by atoms with Crippen LogP contribution in [0.15, 0.2) is 91.0 Å². The maximum Gasteiger partial charge on any atom is 0.410 e. The Morgan fingerprint density at radius 2 is 1.45 bits per heavy atom. The van der Waals surface area contributed by atoms with Gasteiger partial charge in [0.05, 0.1) is 18.8 Å². The van der Waals surface area contributed by atoms with Gasteiger partial charge < -0.3 is 34.0 Å². The first kappa shape index (κ1) is 33.8. The highest BCUT2D eigenvalue weighted by molar-refractivity contribution is 6.99. The summed E-state index contributed by atoms with van der Waals surface area (Å²) in [6, 6.07) is 28.2. The molecule has 238 valence electrons. The van der Waals surface area contributed by atoms with Gasteiger partial charge in [0.2, 0.25) is 0 Å². The fourth-order valence-corrected chi connectivity index (χ4v) is 10.6. The van der Waals surface area contributed by atoms with Gasteiger partial charge in [-0.3, -0.25) is 4.90 Å². The summed E-state index contributed by atoms with van der Waals surface area (Å²) in [5.41, 5.74) is 0.820. The average molecular weight is 624 g/mol. The number of nitrogens with zero attached hydrogens (tertiary/aromatic N) is 1. The summed E-state index contributed by atoms with van der Waals surface area (Å²) in [5, 5.41) is 35.8. The van der Waals surface area contributed by atoms with Crippen LogP contribution in [0.3, 0.4) is 0 Å². The molecule has 44 heavy (non-hydrogen) atoms. The molecule has 4 rings (SSSR count). The molecule has 10 heteroatoms. The van der Waals surface area contributed by atoms with E-state index in [0.29, 0.717) is 6.42 Å². The second-order valence-corrected chi connectivity index (χ2v) is 16.5. The van der Waals surface area contributed by atoms with E-state index in [0.717, 1.165) is 15.9 Å². The topological polar surface area (TPSA) is 118 Å². The monoisotopic (exact) mass is 623 g/mol. The number of amides is 1. The predicted octanol–water partition coefficient (Wildman–Crippen LogP) is 3.05. The maximum atomic E-state index is 13.2. The molecule has 1 heterocycles. The molecule has 3 N–H and O–H groups in total. The number of carbonyl (C=O) groups is 1. The number of methoxy groups -OCH3 is 1. The van der Waals surface area contributed by atoms with E-state index in [1.165, 1.54) is 12.0 Å². The second kappa shape index (κ2) is 15.3. The lowest BCUT2D eigenvalue weighted by atomic mass is 9.97. The van der Waals surface area contributed by atoms with E-state index in [-0.39, 0.29) is 31.6 Å². The van der Waals surface area contributed by atoms with Gasteiger partial charge in [0.1, 0.15) is 31.7 Å². The van der Waals surface area contributed by atoms with Crippen molar-refractivity contribution in [3.63, 3.8) is 0 Å². The molecule has 3 aromatic carbocycles. The van der Waals surface area contributed by atoms with Crippen LogP contribution in [-0.2, 0) is 25.2 Å². The maximum absolute atomic E-state index is 13.2. The summed E-state index contributed by atoms with van der Waals surface area (Å²) in [5.74, 6) is 0. The van der Waals surface area contributed by atoms with Crippen LogP contribution in [0.4, 0.5) is 4.79 Å². The van der Waals surface area contributed by atoms with Gasteiger partial charge in [0.25, 0.3) is 8.32 Å². The molecule has 0 saturated carbocycles. The van der Waals surface area contributed by atoms with Gasteiger partial charge in [-0.25, -0.2) is 4.79 Å². The van der Waals surface area contributed by atoms with Gasteiger partial charge in [-0.1, -0.05) is 112 Å². The minimum Gasteiger partial charge on any atom is -0.445 e. The van der Waals surface area contributed by atoms with E-state index in [2.05, 4.69) is 20.8 Å². The van der Waals surface area contributed by atoms with Gasteiger partial charge in [0.15, 0.2) is 0 Å². The quantitative estimate of drug-likeness (QED) is 0.197. The van der Waals surface area contributed by atoms with E-state index in [9.17, 15) is 20.1 Å². The molecule has 0 radical (unpaired) electrons. The summed E-state index contributed by atoms with van der Waals surface area (Å²) in [6.07, 6.45) is -5.55. The summed E-state index contributed by atoms with van der Waals surface area (Å²) in [7, 11) is -1.53. The number of likely N-dealkylation sites (tertiary alicyclic amines) is 1.